The summed E-state index contributed by atoms with van der Waals surface area (Å²) in [7, 11) is 1.67. The third-order valence-electron chi connectivity index (χ3n) is 4.32. The monoisotopic (exact) mass is 325 g/mol. The molecule has 1 N–H and O–H groups in total. The molecule has 0 bridgehead atoms. The van der Waals surface area contributed by atoms with E-state index in [1.165, 1.54) is 5.56 Å². The first-order valence-electron chi connectivity index (χ1n) is 8.04. The van der Waals surface area contributed by atoms with Crippen LogP contribution in [0.2, 0.25) is 0 Å². The molecule has 0 fully saturated rings. The van der Waals surface area contributed by atoms with Crippen LogP contribution in [0.3, 0.4) is 0 Å². The Morgan fingerprint density at radius 3 is 2.96 bits per heavy atom. The van der Waals surface area contributed by atoms with Gasteiger partial charge in [-0.15, -0.1) is 0 Å². The fraction of sp³-hybridized carbons (Fsp3) is 0.375. The first-order chi connectivity index (χ1) is 11.8. The van der Waals surface area contributed by atoms with Gasteiger partial charge in [-0.3, -0.25) is 5.10 Å². The number of H-pyrrole nitrogens is 1. The van der Waals surface area contributed by atoms with Gasteiger partial charge < -0.3 is 9.64 Å². The van der Waals surface area contributed by atoms with Crippen LogP contribution in [0.15, 0.2) is 30.5 Å². The molecule has 3 heterocycles. The molecule has 0 aliphatic carbocycles. The lowest BCUT2D eigenvalue weighted by atomic mass is 10.1. The van der Waals surface area contributed by atoms with E-state index in [0.717, 1.165) is 55.4 Å². The number of tetrazole rings is 1. The molecule has 1 aliphatic rings. The number of benzene rings is 1. The smallest absolute Gasteiger partial charge is 0.250 e. The highest BCUT2D eigenvalue weighted by atomic mass is 16.5. The van der Waals surface area contributed by atoms with Crippen LogP contribution in [0.4, 0.5) is 11.6 Å². The molecule has 0 amide bonds. The Kier molecular flexibility index (Phi) is 3.86. The molecule has 1 aliphatic heterocycles. The van der Waals surface area contributed by atoms with Gasteiger partial charge in [0, 0.05) is 6.54 Å². The van der Waals surface area contributed by atoms with Crippen molar-refractivity contribution in [3.8, 4) is 5.75 Å². The quantitative estimate of drug-likeness (QED) is 0.769. The minimum Gasteiger partial charge on any atom is -0.497 e. The predicted molar refractivity (Wildman–Crippen MR) is 88.4 cm³/mol. The molecule has 3 aromatic rings. The fourth-order valence-corrected chi connectivity index (χ4v) is 3.03. The van der Waals surface area contributed by atoms with Gasteiger partial charge in [0.15, 0.2) is 0 Å². The maximum absolute atomic E-state index is 5.19. The Morgan fingerprint density at radius 1 is 1.25 bits per heavy atom. The number of aromatic amines is 1. The van der Waals surface area contributed by atoms with Gasteiger partial charge in [-0.25, -0.2) is 4.68 Å². The summed E-state index contributed by atoms with van der Waals surface area (Å²) in [6.07, 6.45) is 4.77. The van der Waals surface area contributed by atoms with E-state index in [4.69, 9.17) is 4.74 Å². The Morgan fingerprint density at radius 2 is 2.12 bits per heavy atom. The van der Waals surface area contributed by atoms with Gasteiger partial charge in [0.25, 0.3) is 0 Å². The molecule has 24 heavy (non-hydrogen) atoms. The molecule has 1 aromatic carbocycles. The van der Waals surface area contributed by atoms with Crippen LogP contribution in [-0.2, 0) is 19.4 Å². The number of aromatic nitrogens is 6. The largest absolute Gasteiger partial charge is 0.497 e. The number of ether oxygens (including phenoxy) is 1. The van der Waals surface area contributed by atoms with Crippen molar-refractivity contribution >= 4 is 11.6 Å². The molecule has 124 valence electrons. The van der Waals surface area contributed by atoms with Gasteiger partial charge in [0.05, 0.1) is 31.2 Å². The number of hydrogen-bond donors (Lipinski definition) is 1. The van der Waals surface area contributed by atoms with E-state index in [2.05, 4.69) is 42.8 Å². The Hall–Kier alpha value is -2.90. The normalized spacial score (nSPS) is 13.8. The predicted octanol–water partition coefficient (Wildman–Crippen LogP) is 1.73. The van der Waals surface area contributed by atoms with Crippen LogP contribution in [0, 0.1) is 0 Å². The number of nitrogens with zero attached hydrogens (tertiary/aromatic N) is 6. The third-order valence-corrected chi connectivity index (χ3v) is 4.32. The van der Waals surface area contributed by atoms with Crippen molar-refractivity contribution in [3.05, 3.63) is 41.7 Å². The summed E-state index contributed by atoms with van der Waals surface area (Å²) in [5.41, 5.74) is 3.44. The minimum atomic E-state index is 0.721. The number of fused-ring (bicyclic) bond motifs is 1. The standard InChI is InChI=1S/C16H19N7O/c1-24-13-6-4-12(5-7-13)8-10-23-16(19-20-21-23)22-9-2-3-14-15(22)11-17-18-14/h4-7,11H,2-3,8-10H2,1H3,(H,17,18). The average molecular weight is 325 g/mol. The molecule has 2 aromatic heterocycles. The van der Waals surface area contributed by atoms with E-state index in [-0.39, 0.29) is 0 Å². The van der Waals surface area contributed by atoms with Crippen LogP contribution >= 0.6 is 0 Å². The minimum absolute atomic E-state index is 0.721. The van der Waals surface area contributed by atoms with Gasteiger partial charge in [0.1, 0.15) is 5.75 Å². The molecule has 0 saturated carbocycles. The summed E-state index contributed by atoms with van der Waals surface area (Å²) >= 11 is 0. The van der Waals surface area contributed by atoms with Crippen LogP contribution in [0.5, 0.6) is 5.75 Å². The lowest BCUT2D eigenvalue weighted by Crippen LogP contribution is -2.27. The second-order valence-electron chi connectivity index (χ2n) is 5.79. The summed E-state index contributed by atoms with van der Waals surface area (Å²) < 4.78 is 7.04. The molecule has 0 spiro atoms. The van der Waals surface area contributed by atoms with Gasteiger partial charge in [0.2, 0.25) is 5.95 Å². The lowest BCUT2D eigenvalue weighted by Gasteiger charge is -2.26. The van der Waals surface area contributed by atoms with Crippen LogP contribution in [0.1, 0.15) is 17.7 Å². The molecule has 0 saturated heterocycles. The zero-order chi connectivity index (χ0) is 16.4. The maximum atomic E-state index is 5.19. The molecule has 0 atom stereocenters. The van der Waals surface area contributed by atoms with Crippen molar-refractivity contribution in [1.29, 1.82) is 0 Å². The van der Waals surface area contributed by atoms with E-state index >= 15 is 0 Å². The van der Waals surface area contributed by atoms with Crippen molar-refractivity contribution in [1.82, 2.24) is 30.4 Å². The van der Waals surface area contributed by atoms with E-state index < -0.39 is 0 Å². The summed E-state index contributed by atoms with van der Waals surface area (Å²) in [4.78, 5) is 2.14. The molecule has 4 rings (SSSR count). The van der Waals surface area contributed by atoms with Gasteiger partial charge in [-0.2, -0.15) is 5.10 Å². The van der Waals surface area contributed by atoms with Crippen LogP contribution in [-0.4, -0.2) is 44.1 Å². The van der Waals surface area contributed by atoms with Crippen molar-refractivity contribution in [2.24, 2.45) is 0 Å². The second kappa shape index (κ2) is 6.31. The number of methoxy groups -OCH3 is 1. The van der Waals surface area contributed by atoms with Crippen molar-refractivity contribution in [2.45, 2.75) is 25.8 Å². The molecular weight excluding hydrogens is 306 g/mol. The number of hydrogen-bond acceptors (Lipinski definition) is 6. The van der Waals surface area contributed by atoms with Gasteiger partial charge in [-0.1, -0.05) is 17.2 Å². The first kappa shape index (κ1) is 14.7. The summed E-state index contributed by atoms with van der Waals surface area (Å²) in [5, 5.41) is 19.4. The molecule has 0 radical (unpaired) electrons. The third kappa shape index (κ3) is 2.70. The van der Waals surface area contributed by atoms with E-state index in [0.29, 0.717) is 0 Å². The topological polar surface area (TPSA) is 84.8 Å². The van der Waals surface area contributed by atoms with Crippen molar-refractivity contribution in [2.75, 3.05) is 18.6 Å². The first-order valence-corrected chi connectivity index (χ1v) is 8.04. The van der Waals surface area contributed by atoms with Crippen molar-refractivity contribution in [3.63, 3.8) is 0 Å². The van der Waals surface area contributed by atoms with Crippen LogP contribution in [0.25, 0.3) is 0 Å². The molecule has 8 heteroatoms. The fourth-order valence-electron chi connectivity index (χ4n) is 3.03. The number of nitrogens with one attached hydrogen (secondary N) is 1. The zero-order valence-corrected chi connectivity index (χ0v) is 13.5. The lowest BCUT2D eigenvalue weighted by molar-refractivity contribution is 0.414. The Labute approximate surface area is 139 Å². The van der Waals surface area contributed by atoms with Crippen molar-refractivity contribution < 1.29 is 4.74 Å². The van der Waals surface area contributed by atoms with Gasteiger partial charge >= 0.3 is 0 Å². The molecule has 0 unspecified atom stereocenters. The Bertz CT molecular complexity index is 808. The van der Waals surface area contributed by atoms with Gasteiger partial charge in [-0.05, 0) is 47.4 Å². The second-order valence-corrected chi connectivity index (χ2v) is 5.79. The van der Waals surface area contributed by atoms with E-state index in [9.17, 15) is 0 Å². The Balaban J connectivity index is 1.51. The molecular formula is C16H19N7O. The summed E-state index contributed by atoms with van der Waals surface area (Å²) in [5.74, 6) is 1.63. The summed E-state index contributed by atoms with van der Waals surface area (Å²) in [6, 6.07) is 8.08. The highest BCUT2D eigenvalue weighted by molar-refractivity contribution is 5.60. The number of aryl methyl sites for hydroxylation is 3. The van der Waals surface area contributed by atoms with E-state index in [1.807, 2.05) is 23.0 Å². The highest BCUT2D eigenvalue weighted by Gasteiger charge is 2.24. The molecule has 8 nitrogen and oxygen atoms in total. The summed E-state index contributed by atoms with van der Waals surface area (Å²) in [6.45, 7) is 1.62. The number of rotatable bonds is 5. The van der Waals surface area contributed by atoms with Crippen LogP contribution < -0.4 is 9.64 Å². The zero-order valence-electron chi connectivity index (χ0n) is 13.5. The SMILES string of the molecule is COc1ccc(CCn2nnnc2N2CCCc3[nH]ncc32)cc1. The average Bonchev–Trinajstić information content (AvgIpc) is 3.29. The number of anilines is 2. The van der Waals surface area contributed by atoms with E-state index in [1.54, 1.807) is 7.11 Å². The highest BCUT2D eigenvalue weighted by Crippen LogP contribution is 2.30. The maximum Gasteiger partial charge on any atom is 0.250 e.